The average molecular weight is 289 g/mol. The van der Waals surface area contributed by atoms with Crippen LogP contribution in [0.25, 0.3) is 0 Å². The van der Waals surface area contributed by atoms with Gasteiger partial charge in [0, 0.05) is 5.56 Å². The Morgan fingerprint density at radius 2 is 1.90 bits per heavy atom. The summed E-state index contributed by atoms with van der Waals surface area (Å²) in [5, 5.41) is 7.81. The fourth-order valence-corrected chi connectivity index (χ4v) is 2.14. The molecule has 0 unspecified atom stereocenters. The highest BCUT2D eigenvalue weighted by molar-refractivity contribution is 6.34. The molecule has 2 aromatic carbocycles. The zero-order valence-corrected chi connectivity index (χ0v) is 12.3. The number of halogens is 1. The molecule has 3 nitrogen and oxygen atoms in total. The van der Waals surface area contributed by atoms with E-state index in [1.165, 1.54) is 11.1 Å². The van der Waals surface area contributed by atoms with Gasteiger partial charge in [0.25, 0.3) is 0 Å². The van der Waals surface area contributed by atoms with Gasteiger partial charge < -0.3 is 10.5 Å². The third kappa shape index (κ3) is 3.31. The van der Waals surface area contributed by atoms with Gasteiger partial charge in [-0.1, -0.05) is 29.8 Å². The van der Waals surface area contributed by atoms with Crippen molar-refractivity contribution in [3.8, 4) is 5.75 Å². The summed E-state index contributed by atoms with van der Waals surface area (Å²) >= 11 is 6.05. The zero-order valence-electron chi connectivity index (χ0n) is 11.5. The average Bonchev–Trinajstić information content (AvgIpc) is 2.40. The number of hydrogen-bond acceptors (Lipinski definition) is 2. The number of hydrogen-bond donors (Lipinski definition) is 2. The molecule has 0 amide bonds. The molecule has 0 radical (unpaired) electrons. The van der Waals surface area contributed by atoms with Gasteiger partial charge in [-0.2, -0.15) is 0 Å². The van der Waals surface area contributed by atoms with Crippen molar-refractivity contribution in [2.24, 2.45) is 5.73 Å². The molecule has 0 fully saturated rings. The highest BCUT2D eigenvalue weighted by Gasteiger charge is 2.05. The first-order chi connectivity index (χ1) is 9.47. The number of ether oxygens (including phenoxy) is 1. The zero-order chi connectivity index (χ0) is 14.7. The van der Waals surface area contributed by atoms with Crippen molar-refractivity contribution >= 4 is 17.4 Å². The number of rotatable bonds is 4. The Labute approximate surface area is 123 Å². The van der Waals surface area contributed by atoms with Gasteiger partial charge in [0.2, 0.25) is 0 Å². The predicted octanol–water partition coefficient (Wildman–Crippen LogP) is 3.82. The molecule has 0 spiro atoms. The Kier molecular flexibility index (Phi) is 4.30. The fraction of sp³-hybridized carbons (Fsp3) is 0.188. The number of nitrogen functional groups attached to an aromatic ring is 1. The number of amidine groups is 1. The molecular formula is C16H17ClN2O. The molecule has 0 aromatic heterocycles. The van der Waals surface area contributed by atoms with Crippen molar-refractivity contribution in [1.29, 1.82) is 5.41 Å². The maximum Gasteiger partial charge on any atom is 0.124 e. The van der Waals surface area contributed by atoms with E-state index < -0.39 is 0 Å². The van der Waals surface area contributed by atoms with E-state index in [9.17, 15) is 0 Å². The van der Waals surface area contributed by atoms with Gasteiger partial charge in [0.1, 0.15) is 18.2 Å². The van der Waals surface area contributed by atoms with E-state index in [1.807, 2.05) is 6.07 Å². The number of aryl methyl sites for hydroxylation is 2. The summed E-state index contributed by atoms with van der Waals surface area (Å²) in [6.07, 6.45) is 0. The van der Waals surface area contributed by atoms with E-state index in [4.69, 9.17) is 27.5 Å². The van der Waals surface area contributed by atoms with Crippen molar-refractivity contribution in [3.63, 3.8) is 0 Å². The number of benzene rings is 2. The molecular weight excluding hydrogens is 272 g/mol. The quantitative estimate of drug-likeness (QED) is 0.664. The normalized spacial score (nSPS) is 10.3. The lowest BCUT2D eigenvalue weighted by atomic mass is 10.1. The highest BCUT2D eigenvalue weighted by atomic mass is 35.5. The molecule has 0 atom stereocenters. The number of nitrogens with two attached hydrogens (primary N) is 1. The van der Waals surface area contributed by atoms with Gasteiger partial charge in [-0.3, -0.25) is 5.41 Å². The SMILES string of the molecule is Cc1ccc(COc2ccc(C(=N)N)c(Cl)c2)cc1C. The minimum Gasteiger partial charge on any atom is -0.489 e. The lowest BCUT2D eigenvalue weighted by molar-refractivity contribution is 0.306. The Morgan fingerprint density at radius 3 is 2.50 bits per heavy atom. The molecule has 0 heterocycles. The van der Waals surface area contributed by atoms with Gasteiger partial charge in [-0.15, -0.1) is 0 Å². The van der Waals surface area contributed by atoms with Crippen molar-refractivity contribution in [2.75, 3.05) is 0 Å². The van der Waals surface area contributed by atoms with E-state index in [2.05, 4.69) is 26.0 Å². The monoisotopic (exact) mass is 288 g/mol. The predicted molar refractivity (Wildman–Crippen MR) is 82.7 cm³/mol. The first-order valence-electron chi connectivity index (χ1n) is 6.30. The molecule has 104 valence electrons. The second-order valence-electron chi connectivity index (χ2n) is 4.76. The Hall–Kier alpha value is -2.00. The van der Waals surface area contributed by atoms with Crippen molar-refractivity contribution in [3.05, 3.63) is 63.7 Å². The molecule has 0 saturated carbocycles. The topological polar surface area (TPSA) is 59.1 Å². The van der Waals surface area contributed by atoms with E-state index in [0.717, 1.165) is 5.56 Å². The Morgan fingerprint density at radius 1 is 1.15 bits per heavy atom. The summed E-state index contributed by atoms with van der Waals surface area (Å²) in [5.74, 6) is 0.619. The van der Waals surface area contributed by atoms with Gasteiger partial charge in [-0.25, -0.2) is 0 Å². The molecule has 20 heavy (non-hydrogen) atoms. The van der Waals surface area contributed by atoms with Crippen molar-refractivity contribution in [1.82, 2.24) is 0 Å². The molecule has 4 heteroatoms. The number of nitrogens with one attached hydrogen (secondary N) is 1. The van der Waals surface area contributed by atoms with Crippen LogP contribution in [0.3, 0.4) is 0 Å². The molecule has 0 saturated heterocycles. The van der Waals surface area contributed by atoms with Crippen LogP contribution in [0.1, 0.15) is 22.3 Å². The second-order valence-corrected chi connectivity index (χ2v) is 5.17. The highest BCUT2D eigenvalue weighted by Crippen LogP contribution is 2.23. The largest absolute Gasteiger partial charge is 0.489 e. The van der Waals surface area contributed by atoms with E-state index in [-0.39, 0.29) is 5.84 Å². The molecule has 3 N–H and O–H groups in total. The van der Waals surface area contributed by atoms with Gasteiger partial charge in [0.15, 0.2) is 0 Å². The minimum absolute atomic E-state index is 0.0456. The first-order valence-corrected chi connectivity index (χ1v) is 6.68. The van der Waals surface area contributed by atoms with Gasteiger partial charge in [0.05, 0.1) is 5.02 Å². The van der Waals surface area contributed by atoms with E-state index in [1.54, 1.807) is 18.2 Å². The van der Waals surface area contributed by atoms with Crippen LogP contribution in [0, 0.1) is 19.3 Å². The van der Waals surface area contributed by atoms with Crippen LogP contribution < -0.4 is 10.5 Å². The molecule has 0 aliphatic heterocycles. The van der Waals surface area contributed by atoms with Crippen molar-refractivity contribution in [2.45, 2.75) is 20.5 Å². The standard InChI is InChI=1S/C16H17ClN2O/c1-10-3-4-12(7-11(10)2)9-20-13-5-6-14(16(18)19)15(17)8-13/h3-8H,9H2,1-2H3,(H3,18,19). The van der Waals surface area contributed by atoms with Crippen LogP contribution >= 0.6 is 11.6 Å². The Balaban J connectivity index is 2.09. The summed E-state index contributed by atoms with van der Waals surface area (Å²) < 4.78 is 5.71. The summed E-state index contributed by atoms with van der Waals surface area (Å²) in [6, 6.07) is 11.4. The fourth-order valence-electron chi connectivity index (χ4n) is 1.86. The van der Waals surface area contributed by atoms with E-state index >= 15 is 0 Å². The van der Waals surface area contributed by atoms with Gasteiger partial charge in [-0.05, 0) is 48.7 Å². The summed E-state index contributed by atoms with van der Waals surface area (Å²) in [5.41, 5.74) is 9.56. The van der Waals surface area contributed by atoms with Crippen LogP contribution in [0.15, 0.2) is 36.4 Å². The van der Waals surface area contributed by atoms with Crippen LogP contribution in [0.5, 0.6) is 5.75 Å². The smallest absolute Gasteiger partial charge is 0.124 e. The maximum absolute atomic E-state index is 7.38. The molecule has 2 rings (SSSR count). The molecule has 0 aliphatic carbocycles. The third-order valence-corrected chi connectivity index (χ3v) is 3.52. The van der Waals surface area contributed by atoms with Crippen LogP contribution in [0.2, 0.25) is 5.02 Å². The lowest BCUT2D eigenvalue weighted by Crippen LogP contribution is -2.11. The molecule has 0 aliphatic rings. The molecule has 0 bridgehead atoms. The summed E-state index contributed by atoms with van der Waals surface area (Å²) in [6.45, 7) is 4.65. The van der Waals surface area contributed by atoms with Crippen LogP contribution in [0.4, 0.5) is 0 Å². The first kappa shape index (κ1) is 14.4. The lowest BCUT2D eigenvalue weighted by Gasteiger charge is -2.10. The van der Waals surface area contributed by atoms with Crippen LogP contribution in [-0.4, -0.2) is 5.84 Å². The van der Waals surface area contributed by atoms with E-state index in [0.29, 0.717) is 22.9 Å². The summed E-state index contributed by atoms with van der Waals surface area (Å²) in [4.78, 5) is 0. The third-order valence-electron chi connectivity index (χ3n) is 3.21. The maximum atomic E-state index is 7.38. The second kappa shape index (κ2) is 5.97. The minimum atomic E-state index is -0.0456. The molecule has 2 aromatic rings. The van der Waals surface area contributed by atoms with Gasteiger partial charge >= 0.3 is 0 Å². The Bertz CT molecular complexity index is 653. The van der Waals surface area contributed by atoms with Crippen LogP contribution in [-0.2, 0) is 6.61 Å². The van der Waals surface area contributed by atoms with Crippen molar-refractivity contribution < 1.29 is 4.74 Å². The summed E-state index contributed by atoms with van der Waals surface area (Å²) in [7, 11) is 0.